The second-order valence-electron chi connectivity index (χ2n) is 8.95. The van der Waals surface area contributed by atoms with Crippen LogP contribution >= 0.6 is 0 Å². The van der Waals surface area contributed by atoms with Gasteiger partial charge in [-0.3, -0.25) is 9.48 Å². The number of carbonyl (C=O) groups is 1. The fourth-order valence-corrected chi connectivity index (χ4v) is 6.41. The molecule has 5 rings (SSSR count). The first kappa shape index (κ1) is 23.9. The van der Waals surface area contributed by atoms with E-state index in [9.17, 15) is 26.7 Å². The van der Waals surface area contributed by atoms with Crippen LogP contribution in [0.2, 0.25) is 0 Å². The molecule has 2 aliphatic rings. The number of amides is 1. The van der Waals surface area contributed by atoms with Crippen LogP contribution in [0.15, 0.2) is 35.2 Å². The van der Waals surface area contributed by atoms with Gasteiger partial charge in [-0.25, -0.2) is 4.98 Å². The molecular weight excluding hydrogens is 483 g/mol. The van der Waals surface area contributed by atoms with E-state index in [1.165, 1.54) is 16.0 Å². The quantitative estimate of drug-likeness (QED) is 0.527. The van der Waals surface area contributed by atoms with Gasteiger partial charge < -0.3 is 9.87 Å². The summed E-state index contributed by atoms with van der Waals surface area (Å²) in [5.74, 6) is -0.0516. The molecule has 1 amide bonds. The van der Waals surface area contributed by atoms with Gasteiger partial charge in [0.2, 0.25) is 0 Å². The van der Waals surface area contributed by atoms with Crippen LogP contribution in [0, 0.1) is 0 Å². The van der Waals surface area contributed by atoms with Crippen molar-refractivity contribution in [3.63, 3.8) is 0 Å². The second-order valence-corrected chi connectivity index (χ2v) is 10.8. The van der Waals surface area contributed by atoms with Crippen LogP contribution in [0.1, 0.15) is 65.0 Å². The first-order valence-corrected chi connectivity index (χ1v) is 12.7. The lowest BCUT2D eigenvalue weighted by molar-refractivity contribution is -0.137. The lowest BCUT2D eigenvalue weighted by Crippen LogP contribution is -2.36. The molecular formula is C23H24F3N5O3S. The number of aryl methyl sites for hydroxylation is 1. The number of sulfonamides is 1. The van der Waals surface area contributed by atoms with Gasteiger partial charge in [0, 0.05) is 38.3 Å². The van der Waals surface area contributed by atoms with E-state index >= 15 is 0 Å². The number of nitrogens with zero attached hydrogens (tertiary/aromatic N) is 4. The Morgan fingerprint density at radius 1 is 1.23 bits per heavy atom. The zero-order chi connectivity index (χ0) is 25.1. The fraction of sp³-hybridized carbons (Fsp3) is 0.435. The van der Waals surface area contributed by atoms with E-state index in [1.807, 2.05) is 0 Å². The molecule has 1 N–H and O–H groups in total. The summed E-state index contributed by atoms with van der Waals surface area (Å²) < 4.78 is 69.4. The van der Waals surface area contributed by atoms with Gasteiger partial charge in [0.1, 0.15) is 6.04 Å². The Morgan fingerprint density at radius 2 is 1.97 bits per heavy atom. The Hall–Kier alpha value is -2.83. The van der Waals surface area contributed by atoms with Crippen molar-refractivity contribution in [3.8, 4) is 0 Å². The minimum atomic E-state index is -4.67. The normalized spacial score (nSPS) is 20.8. The smallest absolute Gasteiger partial charge is 0.416 e. The summed E-state index contributed by atoms with van der Waals surface area (Å²) in [5.41, 5.74) is 0.989. The van der Waals surface area contributed by atoms with Crippen molar-refractivity contribution in [1.29, 1.82) is 0 Å². The molecule has 1 saturated heterocycles. The standard InChI is InChI=1S/C23H24F3N5O3S/c1-27-22(32)16-12-17(13-8-9-13)28-21-19(16)20(29-30(21)2)18-7-4-10-31(18)35(33,34)15-6-3-5-14(11-15)23(24,25)26/h3,5-6,11-13,18H,4,7-10H2,1-2H3,(H-,27,32,33,34). The number of halogens is 3. The first-order chi connectivity index (χ1) is 16.5. The van der Waals surface area contributed by atoms with Crippen molar-refractivity contribution in [2.24, 2.45) is 7.05 Å². The lowest BCUT2D eigenvalue weighted by atomic mass is 10.0. The lowest BCUT2D eigenvalue weighted by Gasteiger charge is -2.28. The molecule has 1 aliphatic heterocycles. The third-order valence-electron chi connectivity index (χ3n) is 6.60. The van der Waals surface area contributed by atoms with Gasteiger partial charge in [-0.05, 0) is 43.9 Å². The van der Waals surface area contributed by atoms with Crippen LogP contribution in [-0.2, 0) is 27.8 Å². The van der Waals surface area contributed by atoms with Crippen LogP contribution in [0.5, 0.6) is 0 Å². The first-order valence-electron chi connectivity index (χ1n) is 11.3. The summed E-state index contributed by atoms with van der Waals surface area (Å²) >= 11 is 0. The van der Waals surface area contributed by atoms with Crippen molar-refractivity contribution in [2.45, 2.75) is 48.7 Å². The van der Waals surface area contributed by atoms with Gasteiger partial charge in [0.05, 0.1) is 22.2 Å². The molecule has 2 fully saturated rings. The molecule has 0 spiro atoms. The fourth-order valence-electron chi connectivity index (χ4n) is 4.70. The van der Waals surface area contributed by atoms with Crippen LogP contribution in [0.4, 0.5) is 13.2 Å². The molecule has 1 saturated carbocycles. The SMILES string of the molecule is CNC(=O)c1cc(C2CC2)nc2c1c(C1CCCN1[S+](=O)([O-])c1cccc(C(F)(F)F)c1)nn2C. The molecule has 3 aromatic rings. The number of aromatic nitrogens is 3. The monoisotopic (exact) mass is 507 g/mol. The Bertz CT molecular complexity index is 1370. The number of alkyl halides is 3. The number of carbonyl (C=O) groups excluding carboxylic acids is 1. The molecule has 1 aliphatic carbocycles. The Kier molecular flexibility index (Phi) is 5.72. The van der Waals surface area contributed by atoms with Crippen molar-refractivity contribution in [2.75, 3.05) is 13.6 Å². The van der Waals surface area contributed by atoms with E-state index in [1.54, 1.807) is 13.1 Å². The highest BCUT2D eigenvalue weighted by atomic mass is 32.3. The molecule has 3 heterocycles. The molecule has 8 nitrogen and oxygen atoms in total. The maximum absolute atomic E-state index is 13.5. The number of rotatable bonds is 5. The molecule has 2 unspecified atom stereocenters. The minimum absolute atomic E-state index is 0.129. The average Bonchev–Trinajstić information content (AvgIpc) is 3.46. The van der Waals surface area contributed by atoms with E-state index < -0.39 is 33.1 Å². The zero-order valence-electron chi connectivity index (χ0n) is 19.1. The number of hydrogen-bond acceptors (Lipinski definition) is 5. The molecule has 2 aromatic heterocycles. The van der Waals surface area contributed by atoms with Crippen molar-refractivity contribution >= 4 is 27.3 Å². The van der Waals surface area contributed by atoms with Gasteiger partial charge in [-0.15, -0.1) is 4.31 Å². The molecule has 2 atom stereocenters. The van der Waals surface area contributed by atoms with Crippen molar-refractivity contribution < 1.29 is 26.7 Å². The predicted molar refractivity (Wildman–Crippen MR) is 121 cm³/mol. The average molecular weight is 508 g/mol. The second kappa shape index (κ2) is 8.38. The molecule has 186 valence electrons. The van der Waals surface area contributed by atoms with E-state index in [0.29, 0.717) is 41.2 Å². The van der Waals surface area contributed by atoms with Gasteiger partial charge in [-0.1, -0.05) is 10.3 Å². The van der Waals surface area contributed by atoms with Crippen LogP contribution < -0.4 is 5.32 Å². The third-order valence-corrected chi connectivity index (χ3v) is 8.50. The largest absolute Gasteiger partial charge is 0.593 e. The number of pyridine rings is 1. The van der Waals surface area contributed by atoms with E-state index in [0.717, 1.165) is 36.7 Å². The number of nitrogens with one attached hydrogen (secondary N) is 1. The Morgan fingerprint density at radius 3 is 2.63 bits per heavy atom. The van der Waals surface area contributed by atoms with Gasteiger partial charge >= 0.3 is 6.18 Å². The summed E-state index contributed by atoms with van der Waals surface area (Å²) in [7, 11) is -1.07. The minimum Gasteiger partial charge on any atom is -0.593 e. The summed E-state index contributed by atoms with van der Waals surface area (Å²) in [6, 6.07) is 4.74. The van der Waals surface area contributed by atoms with E-state index in [2.05, 4.69) is 10.4 Å². The van der Waals surface area contributed by atoms with Gasteiger partial charge in [-0.2, -0.15) is 18.3 Å². The van der Waals surface area contributed by atoms with Crippen LogP contribution in [-0.4, -0.2) is 43.1 Å². The highest BCUT2D eigenvalue weighted by Gasteiger charge is 2.44. The van der Waals surface area contributed by atoms with Crippen LogP contribution in [0.25, 0.3) is 11.0 Å². The highest BCUT2D eigenvalue weighted by Crippen LogP contribution is 2.44. The highest BCUT2D eigenvalue weighted by molar-refractivity contribution is 7.95. The van der Waals surface area contributed by atoms with E-state index in [4.69, 9.17) is 4.98 Å². The van der Waals surface area contributed by atoms with E-state index in [-0.39, 0.29) is 18.4 Å². The summed E-state index contributed by atoms with van der Waals surface area (Å²) in [6.45, 7) is 0.129. The number of hydrogen-bond donors (Lipinski definition) is 1. The molecule has 12 heteroatoms. The maximum atomic E-state index is 13.5. The van der Waals surface area contributed by atoms with Crippen LogP contribution in [0.3, 0.4) is 0 Å². The topological polar surface area (TPSA) is 103 Å². The van der Waals surface area contributed by atoms with Crippen molar-refractivity contribution in [3.05, 3.63) is 52.8 Å². The molecule has 0 radical (unpaired) electrons. The molecule has 35 heavy (non-hydrogen) atoms. The third kappa shape index (κ3) is 4.13. The molecule has 0 bridgehead atoms. The van der Waals surface area contributed by atoms with Crippen molar-refractivity contribution in [1.82, 2.24) is 24.4 Å². The summed E-state index contributed by atoms with van der Waals surface area (Å²) in [6.07, 6.45) is -1.77. The maximum Gasteiger partial charge on any atom is 0.416 e. The Labute approximate surface area is 200 Å². The zero-order valence-corrected chi connectivity index (χ0v) is 19.9. The Balaban J connectivity index is 1.62. The summed E-state index contributed by atoms with van der Waals surface area (Å²) in [4.78, 5) is 17.1. The molecule has 1 aromatic carbocycles. The summed E-state index contributed by atoms with van der Waals surface area (Å²) in [5, 5.41) is 7.67. The van der Waals surface area contributed by atoms with Gasteiger partial charge in [0.15, 0.2) is 20.9 Å². The number of fused-ring (bicyclic) bond motifs is 1. The number of benzene rings is 1. The van der Waals surface area contributed by atoms with Gasteiger partial charge in [0.25, 0.3) is 5.91 Å². The predicted octanol–water partition coefficient (Wildman–Crippen LogP) is 3.97.